The minimum absolute atomic E-state index is 0.248. The molecule has 0 saturated carbocycles. The smallest absolute Gasteiger partial charge is 0.282 e. The van der Waals surface area contributed by atoms with Crippen molar-refractivity contribution in [2.45, 2.75) is 5.03 Å². The van der Waals surface area contributed by atoms with Crippen LogP contribution in [0.15, 0.2) is 41.6 Å². The molecule has 2 aromatic rings. The van der Waals surface area contributed by atoms with Crippen LogP contribution in [0.25, 0.3) is 0 Å². The number of halogens is 2. The third-order valence-corrected chi connectivity index (χ3v) is 4.26. The van der Waals surface area contributed by atoms with Gasteiger partial charge in [-0.15, -0.1) is 0 Å². The zero-order valence-electron chi connectivity index (χ0n) is 11.3. The maximum Gasteiger partial charge on any atom is 0.282 e. The Labute approximate surface area is 127 Å². The van der Waals surface area contributed by atoms with Crippen molar-refractivity contribution < 1.29 is 12.8 Å². The molecule has 1 aromatic carbocycles. The van der Waals surface area contributed by atoms with Crippen molar-refractivity contribution in [2.75, 3.05) is 23.7 Å². The number of hydrogen-bond acceptors (Lipinski definition) is 4. The Morgan fingerprint density at radius 3 is 2.57 bits per heavy atom. The van der Waals surface area contributed by atoms with Gasteiger partial charge in [0.2, 0.25) is 5.03 Å². The largest absolute Gasteiger partial charge is 0.375 e. The Bertz CT molecular complexity index is 766. The lowest BCUT2D eigenvalue weighted by molar-refractivity contribution is 0.557. The maximum absolute atomic E-state index is 13.6. The Morgan fingerprint density at radius 1 is 1.24 bits per heavy atom. The molecule has 0 aliphatic rings. The van der Waals surface area contributed by atoms with Crippen molar-refractivity contribution in [2.24, 2.45) is 0 Å². The van der Waals surface area contributed by atoms with Gasteiger partial charge >= 0.3 is 0 Å². The van der Waals surface area contributed by atoms with Gasteiger partial charge in [-0.25, -0.2) is 9.37 Å². The molecule has 0 spiro atoms. The summed E-state index contributed by atoms with van der Waals surface area (Å²) in [5, 5.41) is -0.281. The first-order valence-electron chi connectivity index (χ1n) is 5.92. The lowest BCUT2D eigenvalue weighted by atomic mass is 10.2. The van der Waals surface area contributed by atoms with E-state index in [0.29, 0.717) is 10.7 Å². The van der Waals surface area contributed by atoms with E-state index in [-0.39, 0.29) is 5.69 Å². The minimum atomic E-state index is -4.14. The molecule has 5 nitrogen and oxygen atoms in total. The summed E-state index contributed by atoms with van der Waals surface area (Å²) in [5.74, 6) is -0.918. The van der Waals surface area contributed by atoms with Crippen LogP contribution in [0.4, 0.5) is 15.8 Å². The quantitative estimate of drug-likeness (QED) is 0.937. The number of pyridine rings is 1. The van der Waals surface area contributed by atoms with Gasteiger partial charge in [-0.05, 0) is 24.3 Å². The summed E-state index contributed by atoms with van der Waals surface area (Å²) in [7, 11) is -0.693. The highest BCUT2D eigenvalue weighted by Gasteiger charge is 2.22. The maximum atomic E-state index is 13.6. The summed E-state index contributed by atoms with van der Waals surface area (Å²) in [6.07, 6.45) is 1.21. The van der Waals surface area contributed by atoms with Gasteiger partial charge in [0.1, 0.15) is 0 Å². The third-order valence-electron chi connectivity index (χ3n) is 2.66. The molecule has 0 saturated heterocycles. The first kappa shape index (κ1) is 15.5. The SMILES string of the molecule is CN(C)c1c(Cl)cccc1NS(=O)(=O)c1ncccc1F. The highest BCUT2D eigenvalue weighted by molar-refractivity contribution is 7.92. The number of sulfonamides is 1. The highest BCUT2D eigenvalue weighted by Crippen LogP contribution is 2.33. The molecule has 8 heteroatoms. The summed E-state index contributed by atoms with van der Waals surface area (Å²) in [6, 6.07) is 7.13. The van der Waals surface area contributed by atoms with Crippen molar-refractivity contribution in [3.8, 4) is 0 Å². The lowest BCUT2D eigenvalue weighted by Gasteiger charge is -2.19. The molecule has 0 aliphatic carbocycles. The van der Waals surface area contributed by atoms with Crippen LogP contribution in [-0.2, 0) is 10.0 Å². The zero-order chi connectivity index (χ0) is 15.6. The van der Waals surface area contributed by atoms with Crippen LogP contribution in [0, 0.1) is 5.82 Å². The second-order valence-electron chi connectivity index (χ2n) is 4.43. The zero-order valence-corrected chi connectivity index (χ0v) is 12.9. The standard InChI is InChI=1S/C13H13ClFN3O2S/c1-18(2)12-9(14)5-3-7-11(12)17-21(19,20)13-10(15)6-4-8-16-13/h3-8,17H,1-2H3. The monoisotopic (exact) mass is 329 g/mol. The average Bonchev–Trinajstić information content (AvgIpc) is 2.38. The summed E-state index contributed by atoms with van der Waals surface area (Å²) in [4.78, 5) is 5.23. The number of para-hydroxylation sites is 1. The first-order valence-corrected chi connectivity index (χ1v) is 7.78. The van der Waals surface area contributed by atoms with E-state index in [2.05, 4.69) is 9.71 Å². The molecular weight excluding hydrogens is 317 g/mol. The second-order valence-corrected chi connectivity index (χ2v) is 6.43. The number of hydrogen-bond donors (Lipinski definition) is 1. The third kappa shape index (κ3) is 3.25. The molecule has 1 N–H and O–H groups in total. The number of anilines is 2. The molecule has 112 valence electrons. The summed E-state index contributed by atoms with van der Waals surface area (Å²) in [5.41, 5.74) is 0.733. The fourth-order valence-corrected chi connectivity index (χ4v) is 3.23. The second kappa shape index (κ2) is 5.87. The normalized spacial score (nSPS) is 11.2. The Hall–Kier alpha value is -1.86. The molecule has 0 atom stereocenters. The number of nitrogens with zero attached hydrogens (tertiary/aromatic N) is 2. The van der Waals surface area contributed by atoms with Crippen LogP contribution in [-0.4, -0.2) is 27.5 Å². The van der Waals surface area contributed by atoms with Gasteiger partial charge in [-0.1, -0.05) is 17.7 Å². The van der Waals surface area contributed by atoms with Crippen molar-refractivity contribution in [3.05, 3.63) is 47.4 Å². The van der Waals surface area contributed by atoms with Crippen LogP contribution in [0.2, 0.25) is 5.02 Å². The molecular formula is C13H13ClFN3O2S. The van der Waals surface area contributed by atoms with E-state index in [9.17, 15) is 12.8 Å². The van der Waals surface area contributed by atoms with Gasteiger partial charge in [-0.2, -0.15) is 8.42 Å². The highest BCUT2D eigenvalue weighted by atomic mass is 35.5. The van der Waals surface area contributed by atoms with E-state index in [4.69, 9.17) is 11.6 Å². The molecule has 0 bridgehead atoms. The van der Waals surface area contributed by atoms with E-state index < -0.39 is 20.9 Å². The molecule has 1 heterocycles. The van der Waals surface area contributed by atoms with Crippen LogP contribution in [0.3, 0.4) is 0 Å². The predicted octanol–water partition coefficient (Wildman–Crippen LogP) is 2.74. The van der Waals surface area contributed by atoms with Crippen LogP contribution >= 0.6 is 11.6 Å². The van der Waals surface area contributed by atoms with Crippen molar-refractivity contribution >= 4 is 33.0 Å². The predicted molar refractivity (Wildman–Crippen MR) is 80.8 cm³/mol. The molecule has 0 radical (unpaired) electrons. The van der Waals surface area contributed by atoms with E-state index in [1.807, 2.05) is 0 Å². The Morgan fingerprint density at radius 2 is 1.95 bits per heavy atom. The molecule has 21 heavy (non-hydrogen) atoms. The number of aromatic nitrogens is 1. The van der Waals surface area contributed by atoms with Crippen molar-refractivity contribution in [1.82, 2.24) is 4.98 Å². The fraction of sp³-hybridized carbons (Fsp3) is 0.154. The van der Waals surface area contributed by atoms with Crippen LogP contribution in [0.1, 0.15) is 0 Å². The van der Waals surface area contributed by atoms with Gasteiger partial charge in [0.15, 0.2) is 5.82 Å². The molecule has 0 fully saturated rings. The van der Waals surface area contributed by atoms with Gasteiger partial charge in [0, 0.05) is 20.3 Å². The topological polar surface area (TPSA) is 62.3 Å². The number of rotatable bonds is 4. The van der Waals surface area contributed by atoms with E-state index in [1.54, 1.807) is 37.2 Å². The lowest BCUT2D eigenvalue weighted by Crippen LogP contribution is -2.19. The molecule has 1 aromatic heterocycles. The Kier molecular flexibility index (Phi) is 4.34. The van der Waals surface area contributed by atoms with E-state index in [0.717, 1.165) is 6.07 Å². The van der Waals surface area contributed by atoms with E-state index in [1.165, 1.54) is 12.3 Å². The summed E-state index contributed by atoms with van der Waals surface area (Å²) in [6.45, 7) is 0. The van der Waals surface area contributed by atoms with Gasteiger partial charge < -0.3 is 4.90 Å². The van der Waals surface area contributed by atoms with Gasteiger partial charge in [-0.3, -0.25) is 4.72 Å². The first-order chi connectivity index (χ1) is 9.83. The van der Waals surface area contributed by atoms with Crippen molar-refractivity contribution in [1.29, 1.82) is 0 Å². The van der Waals surface area contributed by atoms with Crippen LogP contribution in [0.5, 0.6) is 0 Å². The van der Waals surface area contributed by atoms with Gasteiger partial charge in [0.05, 0.1) is 16.4 Å². The fourth-order valence-electron chi connectivity index (χ4n) is 1.81. The molecule has 2 rings (SSSR count). The molecule has 0 amide bonds. The summed E-state index contributed by atoms with van der Waals surface area (Å²) < 4.78 is 40.4. The molecule has 0 aliphatic heterocycles. The minimum Gasteiger partial charge on any atom is -0.375 e. The molecule has 0 unspecified atom stereocenters. The van der Waals surface area contributed by atoms with E-state index >= 15 is 0 Å². The number of nitrogens with one attached hydrogen (secondary N) is 1. The summed E-state index contributed by atoms with van der Waals surface area (Å²) >= 11 is 6.06. The number of benzene rings is 1. The van der Waals surface area contributed by atoms with Crippen LogP contribution < -0.4 is 9.62 Å². The van der Waals surface area contributed by atoms with Gasteiger partial charge in [0.25, 0.3) is 10.0 Å². The average molecular weight is 330 g/mol. The van der Waals surface area contributed by atoms with Crippen molar-refractivity contribution in [3.63, 3.8) is 0 Å². The Balaban J connectivity index is 2.48.